The Morgan fingerprint density at radius 2 is 1.79 bits per heavy atom. The van der Waals surface area contributed by atoms with Crippen molar-refractivity contribution in [3.63, 3.8) is 0 Å². The van der Waals surface area contributed by atoms with E-state index in [4.69, 9.17) is 4.74 Å². The van der Waals surface area contributed by atoms with Crippen molar-refractivity contribution in [3.05, 3.63) is 59.2 Å². The number of rotatable bonds is 12. The third-order valence-corrected chi connectivity index (χ3v) is 8.66. The van der Waals surface area contributed by atoms with Crippen molar-refractivity contribution in [2.45, 2.75) is 90.8 Å². The smallest absolute Gasteiger partial charge is 0.328 e. The molecule has 0 aliphatic heterocycles. The molecule has 1 saturated carbocycles. The van der Waals surface area contributed by atoms with E-state index >= 15 is 0 Å². The van der Waals surface area contributed by atoms with Crippen molar-refractivity contribution in [1.29, 1.82) is 0 Å². The minimum absolute atomic E-state index is 0.0402. The largest absolute Gasteiger partial charge is 0.467 e. The van der Waals surface area contributed by atoms with Gasteiger partial charge in [-0.15, -0.1) is 0 Å². The fourth-order valence-electron chi connectivity index (χ4n) is 5.53. The Hall–Kier alpha value is -2.31. The van der Waals surface area contributed by atoms with Crippen molar-refractivity contribution in [2.75, 3.05) is 25.7 Å². The second-order valence-electron chi connectivity index (χ2n) is 11.9. The molecule has 0 spiro atoms. The fourth-order valence-corrected chi connectivity index (χ4v) is 6.01. The van der Waals surface area contributed by atoms with Gasteiger partial charge in [0.05, 0.1) is 7.11 Å². The SMILES string of the molecule is COC(=O)[C@H](CCSC)NC(=O)c1ccc(CN(CCC2CCCCC2)C(C)(C)C)cc1-c1ccccc1C. The summed E-state index contributed by atoms with van der Waals surface area (Å²) in [6.45, 7) is 10.9. The summed E-state index contributed by atoms with van der Waals surface area (Å²) in [6.07, 6.45) is 10.6. The number of carbonyl (C=O) groups excluding carboxylic acids is 2. The second-order valence-corrected chi connectivity index (χ2v) is 12.9. The van der Waals surface area contributed by atoms with Crippen molar-refractivity contribution in [2.24, 2.45) is 5.92 Å². The van der Waals surface area contributed by atoms with Crippen molar-refractivity contribution >= 4 is 23.6 Å². The average Bonchev–Trinajstić information content (AvgIpc) is 2.92. The highest BCUT2D eigenvalue weighted by atomic mass is 32.2. The van der Waals surface area contributed by atoms with E-state index in [0.29, 0.717) is 12.0 Å². The van der Waals surface area contributed by atoms with E-state index in [1.807, 2.05) is 24.5 Å². The first kappa shape index (κ1) is 31.2. The molecular formula is C33H48N2O3S. The van der Waals surface area contributed by atoms with Gasteiger partial charge in [-0.05, 0) is 99.4 Å². The Morgan fingerprint density at radius 1 is 1.08 bits per heavy atom. The molecule has 0 bridgehead atoms. The number of carbonyl (C=O) groups is 2. The Bertz CT molecular complexity index is 1090. The van der Waals surface area contributed by atoms with E-state index in [1.54, 1.807) is 11.8 Å². The number of nitrogens with one attached hydrogen (secondary N) is 1. The molecule has 1 aliphatic carbocycles. The van der Waals surface area contributed by atoms with Crippen LogP contribution in [0.3, 0.4) is 0 Å². The summed E-state index contributed by atoms with van der Waals surface area (Å²) in [6, 6.07) is 13.7. The summed E-state index contributed by atoms with van der Waals surface area (Å²) in [5, 5.41) is 2.95. The predicted molar refractivity (Wildman–Crippen MR) is 164 cm³/mol. The van der Waals surface area contributed by atoms with E-state index in [2.05, 4.69) is 62.2 Å². The maximum atomic E-state index is 13.6. The minimum Gasteiger partial charge on any atom is -0.467 e. The zero-order valence-electron chi connectivity index (χ0n) is 24.8. The number of ether oxygens (including phenoxy) is 1. The zero-order chi connectivity index (χ0) is 28.4. The molecule has 39 heavy (non-hydrogen) atoms. The van der Waals surface area contributed by atoms with Gasteiger partial charge in [0.2, 0.25) is 0 Å². The van der Waals surface area contributed by atoms with Gasteiger partial charge >= 0.3 is 5.97 Å². The molecule has 1 N–H and O–H groups in total. The highest BCUT2D eigenvalue weighted by molar-refractivity contribution is 7.98. The zero-order valence-corrected chi connectivity index (χ0v) is 25.7. The van der Waals surface area contributed by atoms with Crippen LogP contribution in [0.15, 0.2) is 42.5 Å². The number of methoxy groups -OCH3 is 1. The van der Waals surface area contributed by atoms with E-state index in [1.165, 1.54) is 51.2 Å². The van der Waals surface area contributed by atoms with Gasteiger partial charge in [-0.25, -0.2) is 4.79 Å². The Balaban J connectivity index is 1.90. The van der Waals surface area contributed by atoms with Gasteiger partial charge in [0.25, 0.3) is 5.91 Å². The number of nitrogens with zero attached hydrogens (tertiary/aromatic N) is 1. The maximum Gasteiger partial charge on any atom is 0.328 e. The average molecular weight is 553 g/mol. The van der Waals surface area contributed by atoms with Crippen molar-refractivity contribution in [3.8, 4) is 11.1 Å². The first-order valence-corrected chi connectivity index (χ1v) is 15.8. The highest BCUT2D eigenvalue weighted by Crippen LogP contribution is 2.31. The third kappa shape index (κ3) is 9.11. The van der Waals surface area contributed by atoms with Gasteiger partial charge in [-0.2, -0.15) is 11.8 Å². The van der Waals surface area contributed by atoms with Crippen molar-refractivity contribution in [1.82, 2.24) is 10.2 Å². The number of hydrogen-bond donors (Lipinski definition) is 1. The number of amides is 1. The monoisotopic (exact) mass is 552 g/mol. The summed E-state index contributed by atoms with van der Waals surface area (Å²) < 4.78 is 4.97. The quantitative estimate of drug-likeness (QED) is 0.281. The van der Waals surface area contributed by atoms with Crippen LogP contribution in [0.25, 0.3) is 11.1 Å². The highest BCUT2D eigenvalue weighted by Gasteiger charge is 2.26. The summed E-state index contributed by atoms with van der Waals surface area (Å²) in [7, 11) is 1.36. The first-order valence-electron chi connectivity index (χ1n) is 14.5. The molecule has 2 aromatic rings. The summed E-state index contributed by atoms with van der Waals surface area (Å²) in [5.74, 6) is 0.935. The number of hydrogen-bond acceptors (Lipinski definition) is 5. The maximum absolute atomic E-state index is 13.6. The van der Waals surface area contributed by atoms with Gasteiger partial charge in [0.15, 0.2) is 0 Å². The molecule has 3 rings (SSSR count). The van der Waals surface area contributed by atoms with Gasteiger partial charge in [0.1, 0.15) is 6.04 Å². The number of thioether (sulfide) groups is 1. The molecule has 5 nitrogen and oxygen atoms in total. The molecule has 0 heterocycles. The molecule has 1 atom stereocenters. The third-order valence-electron chi connectivity index (χ3n) is 8.02. The lowest BCUT2D eigenvalue weighted by atomic mass is 9.86. The van der Waals surface area contributed by atoms with Crippen LogP contribution < -0.4 is 5.32 Å². The summed E-state index contributed by atoms with van der Waals surface area (Å²) >= 11 is 1.64. The molecule has 1 aliphatic rings. The van der Waals surface area contributed by atoms with Gasteiger partial charge in [0, 0.05) is 17.6 Å². The fraction of sp³-hybridized carbons (Fsp3) is 0.576. The lowest BCUT2D eigenvalue weighted by molar-refractivity contribution is -0.142. The molecule has 6 heteroatoms. The van der Waals surface area contributed by atoms with Crippen LogP contribution in [0.4, 0.5) is 0 Å². The molecule has 0 aromatic heterocycles. The molecule has 2 aromatic carbocycles. The van der Waals surface area contributed by atoms with E-state index in [0.717, 1.165) is 41.5 Å². The Labute approximate surface area is 240 Å². The van der Waals surface area contributed by atoms with Crippen molar-refractivity contribution < 1.29 is 14.3 Å². The molecule has 0 unspecified atom stereocenters. The lowest BCUT2D eigenvalue weighted by Crippen LogP contribution is -2.42. The van der Waals surface area contributed by atoms with Gasteiger partial charge in [-0.1, -0.05) is 62.4 Å². The van der Waals surface area contributed by atoms with Crippen LogP contribution in [0.1, 0.15) is 87.2 Å². The van der Waals surface area contributed by atoms with Crippen LogP contribution in [-0.4, -0.2) is 54.0 Å². The van der Waals surface area contributed by atoms with E-state index in [-0.39, 0.29) is 11.4 Å². The predicted octanol–water partition coefficient (Wildman–Crippen LogP) is 7.26. The molecule has 0 radical (unpaired) electrons. The van der Waals surface area contributed by atoms with Gasteiger partial charge in [-0.3, -0.25) is 9.69 Å². The normalized spacial score (nSPS) is 15.3. The number of aryl methyl sites for hydroxylation is 1. The Kier molecular flexibility index (Phi) is 11.9. The summed E-state index contributed by atoms with van der Waals surface area (Å²) in [4.78, 5) is 28.5. The first-order chi connectivity index (χ1) is 18.6. The van der Waals surface area contributed by atoms with E-state index in [9.17, 15) is 9.59 Å². The molecule has 214 valence electrons. The second kappa shape index (κ2) is 14.9. The lowest BCUT2D eigenvalue weighted by Gasteiger charge is -2.37. The Morgan fingerprint density at radius 3 is 2.44 bits per heavy atom. The van der Waals surface area contributed by atoms with Crippen LogP contribution >= 0.6 is 11.8 Å². The molecule has 0 saturated heterocycles. The van der Waals surface area contributed by atoms with E-state index < -0.39 is 12.0 Å². The van der Waals surface area contributed by atoms with Crippen LogP contribution in [0.2, 0.25) is 0 Å². The van der Waals surface area contributed by atoms with Crippen LogP contribution in [0, 0.1) is 12.8 Å². The minimum atomic E-state index is -0.671. The van der Waals surface area contributed by atoms with Crippen LogP contribution in [0.5, 0.6) is 0 Å². The summed E-state index contributed by atoms with van der Waals surface area (Å²) in [5.41, 5.74) is 4.86. The molecular weight excluding hydrogens is 504 g/mol. The molecule has 1 fully saturated rings. The topological polar surface area (TPSA) is 58.6 Å². The molecule has 1 amide bonds. The standard InChI is InChI=1S/C33H48N2O3S/c1-24-12-10-11-15-27(24)29-22-26(23-35(33(2,3)4)20-18-25-13-8-7-9-14-25)16-17-28(29)31(36)34-30(19-21-39-6)32(37)38-5/h10-12,15-17,22,25,30H,7-9,13-14,18-21,23H2,1-6H3,(H,34,36)/t30-/m0/s1. The van der Waals surface area contributed by atoms with Gasteiger partial charge < -0.3 is 10.1 Å². The number of benzene rings is 2. The number of esters is 1. The van der Waals surface area contributed by atoms with Crippen LogP contribution in [-0.2, 0) is 16.1 Å².